The summed E-state index contributed by atoms with van der Waals surface area (Å²) in [5.74, 6) is 0.687. The van der Waals surface area contributed by atoms with E-state index in [1.54, 1.807) is 0 Å². The van der Waals surface area contributed by atoms with Crippen LogP contribution < -0.4 is 0 Å². The van der Waals surface area contributed by atoms with Crippen LogP contribution in [-0.4, -0.2) is 18.4 Å². The zero-order valence-corrected chi connectivity index (χ0v) is 16.1. The van der Waals surface area contributed by atoms with Gasteiger partial charge in [-0.2, -0.15) is 0 Å². The van der Waals surface area contributed by atoms with Crippen molar-refractivity contribution in [3.05, 3.63) is 35.5 Å². The Labute approximate surface area is 152 Å². The van der Waals surface area contributed by atoms with Crippen LogP contribution in [0.5, 0.6) is 0 Å². The predicted octanol–water partition coefficient (Wildman–Crippen LogP) is 5.03. The molecule has 0 unspecified atom stereocenters. The quantitative estimate of drug-likeness (QED) is 0.386. The summed E-state index contributed by atoms with van der Waals surface area (Å²) in [5.41, 5.74) is 3.32. The molecule has 2 rings (SSSR count). The highest BCUT2D eigenvalue weighted by atomic mass is 16.5. The molecule has 1 fully saturated rings. The highest BCUT2D eigenvalue weighted by Crippen LogP contribution is 2.47. The van der Waals surface area contributed by atoms with Gasteiger partial charge in [0.15, 0.2) is 0 Å². The zero-order valence-electron chi connectivity index (χ0n) is 16.1. The molecule has 2 aliphatic carbocycles. The van der Waals surface area contributed by atoms with Gasteiger partial charge in [0.05, 0.1) is 0 Å². The maximum absolute atomic E-state index is 11.7. The minimum atomic E-state index is -0.266. The molecule has 0 N–H and O–H groups in total. The molecule has 0 radical (unpaired) electrons. The van der Waals surface area contributed by atoms with Gasteiger partial charge in [0.2, 0.25) is 0 Å². The minimum Gasteiger partial charge on any atom is -0.461 e. The molecule has 25 heavy (non-hydrogen) atoms. The molecule has 0 aromatic heterocycles. The lowest BCUT2D eigenvalue weighted by molar-refractivity contribution is -0.153. The maximum Gasteiger partial charge on any atom is 0.302 e. The molecule has 0 aromatic rings. The molecule has 5 atom stereocenters. The largest absolute Gasteiger partial charge is 0.461 e. The Morgan fingerprint density at radius 2 is 2.12 bits per heavy atom. The van der Waals surface area contributed by atoms with Crippen LogP contribution in [0.3, 0.4) is 0 Å². The molecule has 2 bridgehead atoms. The molecule has 0 saturated heterocycles. The number of fused-ring (bicyclic) bond motifs is 2. The minimum absolute atomic E-state index is 0.00102. The van der Waals surface area contributed by atoms with Crippen molar-refractivity contribution in [1.29, 1.82) is 0 Å². The van der Waals surface area contributed by atoms with Crippen LogP contribution in [0.1, 0.15) is 59.8 Å². The summed E-state index contributed by atoms with van der Waals surface area (Å²) in [5, 5.41) is 0. The SMILES string of the molecule is C=C1CC[C@@H]([C@@H](C)CCC=C(C)C)[C@@H]2C(C=O)=CC[C@H]1[C@@H]2OC(C)=O. The van der Waals surface area contributed by atoms with Crippen molar-refractivity contribution in [3.63, 3.8) is 0 Å². The van der Waals surface area contributed by atoms with Gasteiger partial charge in [0, 0.05) is 18.8 Å². The third-order valence-corrected chi connectivity index (χ3v) is 5.87. The van der Waals surface area contributed by atoms with E-state index in [0.29, 0.717) is 11.8 Å². The van der Waals surface area contributed by atoms with Crippen LogP contribution in [0.2, 0.25) is 0 Å². The lowest BCUT2D eigenvalue weighted by Crippen LogP contribution is -2.41. The second kappa shape index (κ2) is 8.64. The van der Waals surface area contributed by atoms with Crippen molar-refractivity contribution in [2.45, 2.75) is 65.9 Å². The van der Waals surface area contributed by atoms with E-state index in [1.165, 1.54) is 12.5 Å². The van der Waals surface area contributed by atoms with Gasteiger partial charge in [-0.25, -0.2) is 0 Å². The second-order valence-electron chi connectivity index (χ2n) is 7.96. The summed E-state index contributed by atoms with van der Waals surface area (Å²) < 4.78 is 5.75. The first-order chi connectivity index (χ1) is 11.8. The van der Waals surface area contributed by atoms with Crippen LogP contribution in [0.4, 0.5) is 0 Å². The van der Waals surface area contributed by atoms with Gasteiger partial charge in [-0.15, -0.1) is 0 Å². The molecular formula is C22H32O3. The second-order valence-corrected chi connectivity index (χ2v) is 7.96. The molecule has 3 nitrogen and oxygen atoms in total. The molecule has 0 heterocycles. The fourth-order valence-corrected chi connectivity index (χ4v) is 4.54. The number of allylic oxidation sites excluding steroid dienone is 3. The molecule has 0 aromatic carbocycles. The highest BCUT2D eigenvalue weighted by molar-refractivity contribution is 5.75. The lowest BCUT2D eigenvalue weighted by atomic mass is 9.68. The first-order valence-corrected chi connectivity index (χ1v) is 9.48. The van der Waals surface area contributed by atoms with Crippen LogP contribution in [0.25, 0.3) is 0 Å². The van der Waals surface area contributed by atoms with E-state index in [-0.39, 0.29) is 23.9 Å². The van der Waals surface area contributed by atoms with Crippen LogP contribution >= 0.6 is 0 Å². The van der Waals surface area contributed by atoms with Gasteiger partial charge in [-0.05, 0) is 63.4 Å². The van der Waals surface area contributed by atoms with Gasteiger partial charge in [-0.3, -0.25) is 9.59 Å². The summed E-state index contributed by atoms with van der Waals surface area (Å²) in [7, 11) is 0. The van der Waals surface area contributed by atoms with Crippen LogP contribution in [0, 0.1) is 23.7 Å². The first kappa shape index (κ1) is 19.7. The third kappa shape index (κ3) is 4.71. The molecule has 0 amide bonds. The van der Waals surface area contributed by atoms with E-state index in [1.807, 2.05) is 0 Å². The van der Waals surface area contributed by atoms with Crippen molar-refractivity contribution in [1.82, 2.24) is 0 Å². The Hall–Kier alpha value is -1.64. The molecule has 1 saturated carbocycles. The number of ether oxygens (including phenoxy) is 1. The number of rotatable bonds is 6. The van der Waals surface area contributed by atoms with Crippen molar-refractivity contribution in [3.8, 4) is 0 Å². The van der Waals surface area contributed by atoms with E-state index < -0.39 is 0 Å². The number of carbonyl (C=O) groups is 2. The Bertz CT molecular complexity index is 580. The Morgan fingerprint density at radius 3 is 2.72 bits per heavy atom. The smallest absolute Gasteiger partial charge is 0.302 e. The zero-order chi connectivity index (χ0) is 18.6. The molecule has 138 valence electrons. The fraction of sp³-hybridized carbons (Fsp3) is 0.636. The summed E-state index contributed by atoms with van der Waals surface area (Å²) in [6.07, 6.45) is 9.91. The Kier molecular flexibility index (Phi) is 6.80. The van der Waals surface area contributed by atoms with E-state index in [4.69, 9.17) is 4.74 Å². The lowest BCUT2D eigenvalue weighted by Gasteiger charge is -2.40. The third-order valence-electron chi connectivity index (χ3n) is 5.87. The van der Waals surface area contributed by atoms with Gasteiger partial charge >= 0.3 is 5.97 Å². The number of hydrogen-bond donors (Lipinski definition) is 0. The predicted molar refractivity (Wildman–Crippen MR) is 101 cm³/mol. The van der Waals surface area contributed by atoms with E-state index in [0.717, 1.165) is 49.5 Å². The first-order valence-electron chi connectivity index (χ1n) is 9.48. The van der Waals surface area contributed by atoms with E-state index >= 15 is 0 Å². The summed E-state index contributed by atoms with van der Waals surface area (Å²) in [6.45, 7) is 12.2. The number of esters is 1. The van der Waals surface area contributed by atoms with Gasteiger partial charge in [0.1, 0.15) is 12.4 Å². The number of hydrogen-bond acceptors (Lipinski definition) is 3. The van der Waals surface area contributed by atoms with Crippen molar-refractivity contribution in [2.75, 3.05) is 0 Å². The average Bonchev–Trinajstić information content (AvgIpc) is 2.62. The molecule has 2 aliphatic rings. The molecule has 0 aliphatic heterocycles. The number of aldehydes is 1. The molecule has 3 heteroatoms. The van der Waals surface area contributed by atoms with Crippen molar-refractivity contribution in [2.24, 2.45) is 23.7 Å². The Morgan fingerprint density at radius 1 is 1.40 bits per heavy atom. The van der Waals surface area contributed by atoms with E-state index in [9.17, 15) is 9.59 Å². The fourth-order valence-electron chi connectivity index (χ4n) is 4.54. The van der Waals surface area contributed by atoms with Crippen molar-refractivity contribution < 1.29 is 14.3 Å². The monoisotopic (exact) mass is 344 g/mol. The maximum atomic E-state index is 11.7. The molecular weight excluding hydrogens is 312 g/mol. The molecule has 0 spiro atoms. The summed E-state index contributed by atoms with van der Waals surface area (Å²) in [6, 6.07) is 0. The van der Waals surface area contributed by atoms with Crippen molar-refractivity contribution >= 4 is 12.3 Å². The standard InChI is InChI=1S/C22H32O3/c1-14(2)7-6-8-15(3)19-11-9-16(4)20-12-10-18(13-23)21(19)22(20)25-17(5)24/h7,10,13,15,19-22H,4,6,8-9,11-12H2,1-3,5H3/t15-,19-,20+,21-,22-/m0/s1. The average molecular weight is 344 g/mol. The van der Waals surface area contributed by atoms with Crippen LogP contribution in [-0.2, 0) is 14.3 Å². The van der Waals surface area contributed by atoms with Gasteiger partial charge < -0.3 is 4.74 Å². The summed E-state index contributed by atoms with van der Waals surface area (Å²) in [4.78, 5) is 23.4. The normalized spacial score (nSPS) is 29.9. The topological polar surface area (TPSA) is 43.4 Å². The number of carbonyl (C=O) groups excluding carboxylic acids is 2. The van der Waals surface area contributed by atoms with Crippen LogP contribution in [0.15, 0.2) is 35.5 Å². The van der Waals surface area contributed by atoms with E-state index in [2.05, 4.69) is 39.5 Å². The van der Waals surface area contributed by atoms with Gasteiger partial charge in [0.25, 0.3) is 0 Å². The summed E-state index contributed by atoms with van der Waals surface area (Å²) >= 11 is 0. The highest BCUT2D eigenvalue weighted by Gasteiger charge is 2.45. The van der Waals surface area contributed by atoms with Gasteiger partial charge in [-0.1, -0.05) is 36.8 Å². The Balaban J connectivity index is 2.31.